The molecular formula is C25H36N2O4. The molecule has 0 aromatic heterocycles. The van der Waals surface area contributed by atoms with Crippen LogP contribution in [-0.2, 0) is 13.1 Å². The van der Waals surface area contributed by atoms with Crippen molar-refractivity contribution in [2.75, 3.05) is 46.6 Å². The van der Waals surface area contributed by atoms with E-state index < -0.39 is 0 Å². The molecule has 0 amide bonds. The summed E-state index contributed by atoms with van der Waals surface area (Å²) in [6.45, 7) is 9.42. The van der Waals surface area contributed by atoms with Gasteiger partial charge in [0.15, 0.2) is 0 Å². The second-order valence-corrected chi connectivity index (χ2v) is 8.27. The number of piperazine rings is 1. The molecule has 31 heavy (non-hydrogen) atoms. The predicted molar refractivity (Wildman–Crippen MR) is 123 cm³/mol. The highest BCUT2D eigenvalue weighted by atomic mass is 16.5. The van der Waals surface area contributed by atoms with Crippen LogP contribution in [-0.4, -0.2) is 72.6 Å². The Morgan fingerprint density at radius 3 is 2.58 bits per heavy atom. The Kier molecular flexibility index (Phi) is 8.72. The average molecular weight is 429 g/mol. The summed E-state index contributed by atoms with van der Waals surface area (Å²) in [6.07, 6.45) is 0.768. The standard InChI is InChI=1S/C25H36N2O4/c1-19-20(2)25(30-3)8-7-22(19)17-27-11-10-26(18-23(27)9-12-28)16-21-5-4-6-24(15-21)31-14-13-29/h4-8,15,23,28-29H,9-14,16-18H2,1-3H3/t23-/m1/s1. The van der Waals surface area contributed by atoms with E-state index in [0.29, 0.717) is 12.6 Å². The summed E-state index contributed by atoms with van der Waals surface area (Å²) in [5.74, 6) is 1.73. The topological polar surface area (TPSA) is 65.4 Å². The lowest BCUT2D eigenvalue weighted by atomic mass is 10.00. The van der Waals surface area contributed by atoms with Gasteiger partial charge in [0.05, 0.1) is 13.7 Å². The van der Waals surface area contributed by atoms with Crippen molar-refractivity contribution in [3.05, 3.63) is 58.7 Å². The molecular weight excluding hydrogens is 392 g/mol. The van der Waals surface area contributed by atoms with E-state index in [9.17, 15) is 5.11 Å². The van der Waals surface area contributed by atoms with Gasteiger partial charge in [-0.25, -0.2) is 0 Å². The lowest BCUT2D eigenvalue weighted by Crippen LogP contribution is -2.52. The first-order valence-electron chi connectivity index (χ1n) is 11.1. The first-order chi connectivity index (χ1) is 15.0. The van der Waals surface area contributed by atoms with Crippen LogP contribution in [0.25, 0.3) is 0 Å². The lowest BCUT2D eigenvalue weighted by Gasteiger charge is -2.41. The third-order valence-corrected chi connectivity index (χ3v) is 6.26. The van der Waals surface area contributed by atoms with E-state index >= 15 is 0 Å². The summed E-state index contributed by atoms with van der Waals surface area (Å²) < 4.78 is 11.0. The minimum absolute atomic E-state index is 0.0161. The zero-order valence-corrected chi connectivity index (χ0v) is 19.0. The number of rotatable bonds is 10. The molecule has 0 bridgehead atoms. The van der Waals surface area contributed by atoms with Crippen LogP contribution in [0.1, 0.15) is 28.7 Å². The molecule has 2 N–H and O–H groups in total. The number of hydrogen-bond donors (Lipinski definition) is 2. The molecule has 1 heterocycles. The number of ether oxygens (including phenoxy) is 2. The van der Waals surface area contributed by atoms with Gasteiger partial charge in [0.1, 0.15) is 18.1 Å². The van der Waals surface area contributed by atoms with Gasteiger partial charge < -0.3 is 19.7 Å². The van der Waals surface area contributed by atoms with Crippen molar-refractivity contribution in [2.45, 2.75) is 39.4 Å². The van der Waals surface area contributed by atoms with Gasteiger partial charge in [-0.15, -0.1) is 0 Å². The quantitative estimate of drug-likeness (QED) is 0.607. The molecule has 0 spiro atoms. The normalized spacial score (nSPS) is 17.6. The molecule has 1 saturated heterocycles. The molecule has 1 fully saturated rings. The van der Waals surface area contributed by atoms with Gasteiger partial charge in [-0.3, -0.25) is 9.80 Å². The minimum atomic E-state index is 0.0161. The highest BCUT2D eigenvalue weighted by Crippen LogP contribution is 2.27. The number of aliphatic hydroxyl groups excluding tert-OH is 2. The van der Waals surface area contributed by atoms with E-state index in [4.69, 9.17) is 14.6 Å². The average Bonchev–Trinajstić information content (AvgIpc) is 2.77. The third kappa shape index (κ3) is 6.20. The van der Waals surface area contributed by atoms with Crippen LogP contribution in [0.2, 0.25) is 0 Å². The molecule has 1 aliphatic rings. The Balaban J connectivity index is 1.65. The van der Waals surface area contributed by atoms with E-state index in [1.54, 1.807) is 7.11 Å². The maximum Gasteiger partial charge on any atom is 0.122 e. The third-order valence-electron chi connectivity index (χ3n) is 6.26. The van der Waals surface area contributed by atoms with Gasteiger partial charge in [-0.1, -0.05) is 18.2 Å². The maximum atomic E-state index is 9.67. The van der Waals surface area contributed by atoms with E-state index in [2.05, 4.69) is 41.8 Å². The lowest BCUT2D eigenvalue weighted by molar-refractivity contribution is 0.0498. The summed E-state index contributed by atoms with van der Waals surface area (Å²) in [6, 6.07) is 12.6. The maximum absolute atomic E-state index is 9.67. The first kappa shape index (κ1) is 23.5. The van der Waals surface area contributed by atoms with Crippen molar-refractivity contribution in [3.8, 4) is 11.5 Å². The van der Waals surface area contributed by atoms with Gasteiger partial charge >= 0.3 is 0 Å². The molecule has 0 unspecified atom stereocenters. The van der Waals surface area contributed by atoms with Crippen LogP contribution in [0.15, 0.2) is 36.4 Å². The first-order valence-corrected chi connectivity index (χ1v) is 11.1. The highest BCUT2D eigenvalue weighted by molar-refractivity contribution is 5.43. The number of benzene rings is 2. The summed E-state index contributed by atoms with van der Waals surface area (Å²) in [5.41, 5.74) is 5.00. The van der Waals surface area contributed by atoms with Crippen LogP contribution in [0.4, 0.5) is 0 Å². The van der Waals surface area contributed by atoms with Crippen molar-refractivity contribution in [1.82, 2.24) is 9.80 Å². The SMILES string of the molecule is COc1ccc(CN2CCN(Cc3cccc(OCCO)c3)C[C@H]2CCO)c(C)c1C. The molecule has 1 aliphatic heterocycles. The Labute approximate surface area is 186 Å². The van der Waals surface area contributed by atoms with Gasteiger partial charge in [-0.05, 0) is 60.7 Å². The smallest absolute Gasteiger partial charge is 0.122 e. The fourth-order valence-electron chi connectivity index (χ4n) is 4.35. The summed E-state index contributed by atoms with van der Waals surface area (Å²) in [5, 5.41) is 18.6. The molecule has 1 atom stereocenters. The Bertz CT molecular complexity index is 842. The van der Waals surface area contributed by atoms with Crippen LogP contribution < -0.4 is 9.47 Å². The van der Waals surface area contributed by atoms with Gasteiger partial charge in [-0.2, -0.15) is 0 Å². The summed E-state index contributed by atoms with van der Waals surface area (Å²) in [7, 11) is 1.71. The second-order valence-electron chi connectivity index (χ2n) is 8.27. The van der Waals surface area contributed by atoms with Crippen molar-refractivity contribution < 1.29 is 19.7 Å². The Morgan fingerprint density at radius 2 is 1.84 bits per heavy atom. The number of aliphatic hydroxyl groups is 2. The Morgan fingerprint density at radius 1 is 1.00 bits per heavy atom. The van der Waals surface area contributed by atoms with Gasteiger partial charge in [0, 0.05) is 45.4 Å². The zero-order chi connectivity index (χ0) is 22.2. The zero-order valence-electron chi connectivity index (χ0n) is 19.0. The number of hydrogen-bond acceptors (Lipinski definition) is 6. The second kappa shape index (κ2) is 11.5. The molecule has 2 aromatic rings. The monoisotopic (exact) mass is 428 g/mol. The van der Waals surface area contributed by atoms with Crippen LogP contribution in [0, 0.1) is 13.8 Å². The molecule has 6 heteroatoms. The molecule has 2 aromatic carbocycles. The fourth-order valence-corrected chi connectivity index (χ4v) is 4.35. The molecule has 0 radical (unpaired) electrons. The van der Waals surface area contributed by atoms with Crippen LogP contribution in [0.3, 0.4) is 0 Å². The van der Waals surface area contributed by atoms with Crippen molar-refractivity contribution >= 4 is 0 Å². The Hall–Kier alpha value is -2.12. The van der Waals surface area contributed by atoms with Crippen molar-refractivity contribution in [2.24, 2.45) is 0 Å². The van der Waals surface area contributed by atoms with Crippen LogP contribution in [0.5, 0.6) is 11.5 Å². The molecule has 6 nitrogen and oxygen atoms in total. The van der Waals surface area contributed by atoms with E-state index in [0.717, 1.165) is 50.6 Å². The van der Waals surface area contributed by atoms with Crippen molar-refractivity contribution in [3.63, 3.8) is 0 Å². The molecule has 170 valence electrons. The number of nitrogens with zero attached hydrogens (tertiary/aromatic N) is 2. The van der Waals surface area contributed by atoms with E-state index in [1.165, 1.54) is 22.3 Å². The van der Waals surface area contributed by atoms with Gasteiger partial charge in [0.25, 0.3) is 0 Å². The molecule has 0 saturated carbocycles. The summed E-state index contributed by atoms with van der Waals surface area (Å²) in [4.78, 5) is 4.95. The van der Waals surface area contributed by atoms with Crippen molar-refractivity contribution in [1.29, 1.82) is 0 Å². The fraction of sp³-hybridized carbons (Fsp3) is 0.520. The highest BCUT2D eigenvalue weighted by Gasteiger charge is 2.27. The molecule has 0 aliphatic carbocycles. The van der Waals surface area contributed by atoms with E-state index in [1.807, 2.05) is 18.2 Å². The predicted octanol–water partition coefficient (Wildman–Crippen LogP) is 2.75. The van der Waals surface area contributed by atoms with Crippen LogP contribution >= 0.6 is 0 Å². The largest absolute Gasteiger partial charge is 0.496 e. The molecule has 3 rings (SSSR count). The van der Waals surface area contributed by atoms with Gasteiger partial charge in [0.2, 0.25) is 0 Å². The number of methoxy groups -OCH3 is 1. The van der Waals surface area contributed by atoms with E-state index in [-0.39, 0.29) is 13.2 Å². The summed E-state index contributed by atoms with van der Waals surface area (Å²) >= 11 is 0. The minimum Gasteiger partial charge on any atom is -0.496 e.